The number of aromatic nitrogens is 6. The highest BCUT2D eigenvalue weighted by atomic mass is 35.5. The van der Waals surface area contributed by atoms with E-state index >= 15 is 0 Å². The number of hydrogen-bond acceptors (Lipinski definition) is 8. The summed E-state index contributed by atoms with van der Waals surface area (Å²) in [6.45, 7) is 0.812. The van der Waals surface area contributed by atoms with E-state index in [1.807, 2.05) is 0 Å². The Morgan fingerprint density at radius 1 is 1.13 bits per heavy atom. The molecular formula is C18H17ClN8O3. The van der Waals surface area contributed by atoms with Gasteiger partial charge in [0.1, 0.15) is 12.4 Å². The summed E-state index contributed by atoms with van der Waals surface area (Å²) >= 11 is 5.80. The van der Waals surface area contributed by atoms with Crippen molar-refractivity contribution in [1.29, 1.82) is 0 Å². The van der Waals surface area contributed by atoms with Crippen LogP contribution in [0.3, 0.4) is 0 Å². The average molecular weight is 429 g/mol. The molecule has 11 nitrogen and oxygen atoms in total. The Morgan fingerprint density at radius 3 is 2.57 bits per heavy atom. The largest absolute Gasteiger partial charge is 0.473 e. The molecule has 0 saturated carbocycles. The monoisotopic (exact) mass is 428 g/mol. The van der Waals surface area contributed by atoms with Crippen LogP contribution in [0.1, 0.15) is 12.8 Å². The van der Waals surface area contributed by atoms with Crippen LogP contribution in [0.5, 0.6) is 5.88 Å². The predicted octanol–water partition coefficient (Wildman–Crippen LogP) is 1.11. The lowest BCUT2D eigenvalue weighted by atomic mass is 10.1. The minimum atomic E-state index is -0.690. The number of halogens is 1. The second-order valence-corrected chi connectivity index (χ2v) is 6.93. The summed E-state index contributed by atoms with van der Waals surface area (Å²) in [4.78, 5) is 34.3. The van der Waals surface area contributed by atoms with E-state index in [1.54, 1.807) is 24.3 Å². The molecule has 1 aromatic carbocycles. The number of carbonyl (C=O) groups excluding carboxylic acids is 2. The quantitative estimate of drug-likeness (QED) is 0.612. The second kappa shape index (κ2) is 8.82. The molecule has 3 aromatic rings. The molecule has 1 aliphatic heterocycles. The number of benzene rings is 1. The van der Waals surface area contributed by atoms with E-state index in [1.165, 1.54) is 28.3 Å². The van der Waals surface area contributed by atoms with Crippen molar-refractivity contribution in [2.45, 2.75) is 18.9 Å². The maximum atomic E-state index is 12.5. The summed E-state index contributed by atoms with van der Waals surface area (Å²) in [6, 6.07) is 6.82. The Labute approximate surface area is 176 Å². The third kappa shape index (κ3) is 4.69. The molecule has 0 aliphatic carbocycles. The fourth-order valence-corrected chi connectivity index (χ4v) is 3.17. The van der Waals surface area contributed by atoms with Crippen LogP contribution < -0.4 is 10.1 Å². The van der Waals surface area contributed by atoms with Crippen LogP contribution in [-0.4, -0.2) is 66.1 Å². The van der Waals surface area contributed by atoms with Crippen molar-refractivity contribution in [3.63, 3.8) is 0 Å². The van der Waals surface area contributed by atoms with Crippen LogP contribution in [0, 0.1) is 0 Å². The molecule has 0 bridgehead atoms. The van der Waals surface area contributed by atoms with E-state index in [2.05, 4.69) is 30.8 Å². The van der Waals surface area contributed by atoms with E-state index in [0.29, 0.717) is 37.5 Å². The Morgan fingerprint density at radius 2 is 1.90 bits per heavy atom. The lowest BCUT2D eigenvalue weighted by Crippen LogP contribution is -2.46. The summed E-state index contributed by atoms with van der Waals surface area (Å²) in [6.07, 6.45) is 5.41. The SMILES string of the molecule is O=C(Nc1ccc(-n2cnnn2)cc1)C(=O)N1CCC(Oc2cncc(Cl)n2)CC1. The molecule has 0 radical (unpaired) electrons. The Kier molecular flexibility index (Phi) is 5.80. The lowest BCUT2D eigenvalue weighted by molar-refractivity contribution is -0.144. The average Bonchev–Trinajstić information content (AvgIpc) is 3.29. The van der Waals surface area contributed by atoms with Crippen molar-refractivity contribution < 1.29 is 14.3 Å². The van der Waals surface area contributed by atoms with E-state index in [-0.39, 0.29) is 11.3 Å². The second-order valence-electron chi connectivity index (χ2n) is 6.54. The maximum absolute atomic E-state index is 12.5. The van der Waals surface area contributed by atoms with Gasteiger partial charge < -0.3 is 15.0 Å². The van der Waals surface area contributed by atoms with Crippen molar-refractivity contribution in [1.82, 2.24) is 35.1 Å². The normalized spacial score (nSPS) is 14.4. The number of ether oxygens (including phenoxy) is 1. The zero-order valence-electron chi connectivity index (χ0n) is 15.7. The van der Waals surface area contributed by atoms with Crippen molar-refractivity contribution in [3.8, 4) is 11.6 Å². The lowest BCUT2D eigenvalue weighted by Gasteiger charge is -2.31. The van der Waals surface area contributed by atoms with Gasteiger partial charge in [-0.05, 0) is 34.7 Å². The van der Waals surface area contributed by atoms with Crippen LogP contribution in [0.4, 0.5) is 5.69 Å². The number of piperidine rings is 1. The van der Waals surface area contributed by atoms with Crippen molar-refractivity contribution >= 4 is 29.1 Å². The topological polar surface area (TPSA) is 128 Å². The van der Waals surface area contributed by atoms with Gasteiger partial charge in [0.25, 0.3) is 0 Å². The summed E-state index contributed by atoms with van der Waals surface area (Å²) in [5.74, 6) is -0.930. The van der Waals surface area contributed by atoms with Gasteiger partial charge in [0.15, 0.2) is 5.15 Å². The van der Waals surface area contributed by atoms with Crippen LogP contribution in [0.25, 0.3) is 5.69 Å². The fourth-order valence-electron chi connectivity index (χ4n) is 3.04. The molecule has 2 amide bonds. The first-order valence-corrected chi connectivity index (χ1v) is 9.54. The zero-order valence-corrected chi connectivity index (χ0v) is 16.4. The molecule has 0 spiro atoms. The number of nitrogens with zero attached hydrogens (tertiary/aromatic N) is 7. The minimum absolute atomic E-state index is 0.122. The van der Waals surface area contributed by atoms with Gasteiger partial charge in [0, 0.05) is 31.6 Å². The molecular weight excluding hydrogens is 412 g/mol. The molecule has 0 unspecified atom stereocenters. The van der Waals surface area contributed by atoms with Gasteiger partial charge in [-0.25, -0.2) is 4.68 Å². The maximum Gasteiger partial charge on any atom is 0.313 e. The molecule has 4 rings (SSSR count). The molecule has 1 N–H and O–H groups in total. The summed E-state index contributed by atoms with van der Waals surface area (Å²) in [5.41, 5.74) is 1.23. The van der Waals surface area contributed by atoms with Crippen molar-refractivity contribution in [3.05, 3.63) is 48.1 Å². The number of carbonyl (C=O) groups is 2. The van der Waals surface area contributed by atoms with E-state index in [9.17, 15) is 9.59 Å². The predicted molar refractivity (Wildman–Crippen MR) is 105 cm³/mol. The first kappa shape index (κ1) is 19.7. The number of hydrogen-bond donors (Lipinski definition) is 1. The number of rotatable bonds is 4. The smallest absolute Gasteiger partial charge is 0.313 e. The number of anilines is 1. The Hall–Kier alpha value is -3.60. The molecule has 30 heavy (non-hydrogen) atoms. The molecule has 2 aromatic heterocycles. The van der Waals surface area contributed by atoms with E-state index < -0.39 is 11.8 Å². The van der Waals surface area contributed by atoms with Crippen LogP contribution in [0.2, 0.25) is 5.15 Å². The third-order valence-corrected chi connectivity index (χ3v) is 4.71. The Balaban J connectivity index is 1.28. The molecule has 1 fully saturated rings. The summed E-state index contributed by atoms with van der Waals surface area (Å²) in [7, 11) is 0. The zero-order chi connectivity index (χ0) is 20.9. The fraction of sp³-hybridized carbons (Fsp3) is 0.278. The molecule has 3 heterocycles. The van der Waals surface area contributed by atoms with Gasteiger partial charge in [-0.15, -0.1) is 5.10 Å². The summed E-state index contributed by atoms with van der Waals surface area (Å²) < 4.78 is 7.23. The highest BCUT2D eigenvalue weighted by molar-refractivity contribution is 6.39. The number of nitrogens with one attached hydrogen (secondary N) is 1. The van der Waals surface area contributed by atoms with Gasteiger partial charge in [-0.1, -0.05) is 11.6 Å². The molecule has 1 aliphatic rings. The van der Waals surface area contributed by atoms with Crippen molar-refractivity contribution in [2.75, 3.05) is 18.4 Å². The van der Waals surface area contributed by atoms with Crippen LogP contribution in [-0.2, 0) is 9.59 Å². The molecule has 1 saturated heterocycles. The molecule has 0 atom stereocenters. The van der Waals surface area contributed by atoms with Gasteiger partial charge in [-0.2, -0.15) is 4.98 Å². The van der Waals surface area contributed by atoms with Gasteiger partial charge in [-0.3, -0.25) is 14.6 Å². The van der Waals surface area contributed by atoms with Gasteiger partial charge in [0.2, 0.25) is 5.88 Å². The van der Waals surface area contributed by atoms with Crippen LogP contribution in [0.15, 0.2) is 43.0 Å². The van der Waals surface area contributed by atoms with E-state index in [4.69, 9.17) is 16.3 Å². The molecule has 12 heteroatoms. The highest BCUT2D eigenvalue weighted by Gasteiger charge is 2.28. The highest BCUT2D eigenvalue weighted by Crippen LogP contribution is 2.19. The van der Waals surface area contributed by atoms with Gasteiger partial charge in [0.05, 0.1) is 18.1 Å². The van der Waals surface area contributed by atoms with E-state index in [0.717, 1.165) is 5.69 Å². The minimum Gasteiger partial charge on any atom is -0.473 e. The number of tetrazole rings is 1. The molecule has 154 valence electrons. The summed E-state index contributed by atoms with van der Waals surface area (Å²) in [5, 5.41) is 13.8. The first-order valence-electron chi connectivity index (χ1n) is 9.16. The van der Waals surface area contributed by atoms with Crippen molar-refractivity contribution in [2.24, 2.45) is 0 Å². The Bertz CT molecular complexity index is 1020. The third-order valence-electron chi connectivity index (χ3n) is 4.53. The van der Waals surface area contributed by atoms with Crippen LogP contribution >= 0.6 is 11.6 Å². The number of likely N-dealkylation sites (tertiary alicyclic amines) is 1. The first-order chi connectivity index (χ1) is 14.6. The number of amides is 2. The van der Waals surface area contributed by atoms with Gasteiger partial charge >= 0.3 is 11.8 Å². The standard InChI is InChI=1S/C18H17ClN8O3/c19-15-9-20-10-16(23-15)30-14-5-7-26(8-6-14)18(29)17(28)22-12-1-3-13(4-2-12)27-11-21-24-25-27/h1-4,9-11,14H,5-8H2,(H,22,28).